The Kier molecular flexibility index (Phi) is 4.91. The third kappa shape index (κ3) is 4.65. The number of hydrogen-bond donors (Lipinski definition) is 0. The summed E-state index contributed by atoms with van der Waals surface area (Å²) in [5, 5.41) is 1.58. The molecular formula is C39H25N3O. The SMILES string of the molecule is [2H]c1c([2H])c([2H])c(-c2cccc3c2oc2cc(-c4nc(-c5ccccc5)nc(-c5ccc(-c6ccccc6)cc5)n4)ccc23)c([2H])c1[2H]. The van der Waals surface area contributed by atoms with E-state index in [1.54, 1.807) is 12.1 Å². The second-order valence-corrected chi connectivity index (χ2v) is 10.1. The van der Waals surface area contributed by atoms with E-state index in [0.717, 1.165) is 33.0 Å². The van der Waals surface area contributed by atoms with Crippen LogP contribution in [0.3, 0.4) is 0 Å². The van der Waals surface area contributed by atoms with Crippen molar-refractivity contribution in [1.82, 2.24) is 15.0 Å². The zero-order valence-electron chi connectivity index (χ0n) is 27.8. The summed E-state index contributed by atoms with van der Waals surface area (Å²) in [7, 11) is 0. The first-order valence-electron chi connectivity index (χ1n) is 16.4. The molecule has 0 unspecified atom stereocenters. The molecule has 0 fully saturated rings. The molecule has 0 amide bonds. The van der Waals surface area contributed by atoms with Gasteiger partial charge in [-0.3, -0.25) is 0 Å². The Balaban J connectivity index is 1.27. The van der Waals surface area contributed by atoms with Crippen molar-refractivity contribution in [2.24, 2.45) is 0 Å². The first-order valence-corrected chi connectivity index (χ1v) is 13.9. The van der Waals surface area contributed by atoms with Crippen LogP contribution in [0.4, 0.5) is 0 Å². The lowest BCUT2D eigenvalue weighted by molar-refractivity contribution is 0.670. The summed E-state index contributed by atoms with van der Waals surface area (Å²) < 4.78 is 47.8. The maximum atomic E-state index is 8.53. The van der Waals surface area contributed by atoms with Gasteiger partial charge in [0.05, 0.1) is 6.85 Å². The van der Waals surface area contributed by atoms with Gasteiger partial charge in [-0.15, -0.1) is 0 Å². The number of fused-ring (bicyclic) bond motifs is 3. The third-order valence-electron chi connectivity index (χ3n) is 7.44. The van der Waals surface area contributed by atoms with Gasteiger partial charge in [-0.25, -0.2) is 15.0 Å². The highest BCUT2D eigenvalue weighted by molar-refractivity contribution is 6.10. The third-order valence-corrected chi connectivity index (χ3v) is 7.44. The summed E-state index contributed by atoms with van der Waals surface area (Å²) in [5.41, 5.74) is 6.15. The van der Waals surface area contributed by atoms with Crippen LogP contribution in [0.15, 0.2) is 156 Å². The smallest absolute Gasteiger partial charge is 0.164 e. The molecule has 0 saturated carbocycles. The number of nitrogens with zero attached hydrogens (tertiary/aromatic N) is 3. The molecule has 0 saturated heterocycles. The van der Waals surface area contributed by atoms with E-state index in [4.69, 9.17) is 26.2 Å². The van der Waals surface area contributed by atoms with Gasteiger partial charge >= 0.3 is 0 Å². The first kappa shape index (κ1) is 20.1. The van der Waals surface area contributed by atoms with E-state index in [0.29, 0.717) is 39.8 Å². The summed E-state index contributed by atoms with van der Waals surface area (Å²) in [6.45, 7) is 0. The van der Waals surface area contributed by atoms with Crippen molar-refractivity contribution < 1.29 is 11.3 Å². The number of para-hydroxylation sites is 1. The van der Waals surface area contributed by atoms with Crippen LogP contribution in [-0.2, 0) is 0 Å². The van der Waals surface area contributed by atoms with Crippen molar-refractivity contribution in [3.8, 4) is 56.4 Å². The van der Waals surface area contributed by atoms with Crippen LogP contribution in [0.5, 0.6) is 0 Å². The van der Waals surface area contributed by atoms with E-state index in [-0.39, 0.29) is 17.6 Å². The minimum absolute atomic E-state index is 0.0961. The fraction of sp³-hybridized carbons (Fsp3) is 0. The Bertz CT molecular complexity index is 2470. The number of rotatable bonds is 5. The van der Waals surface area contributed by atoms with Gasteiger partial charge < -0.3 is 4.42 Å². The molecule has 43 heavy (non-hydrogen) atoms. The largest absolute Gasteiger partial charge is 0.455 e. The van der Waals surface area contributed by atoms with Gasteiger partial charge in [0.15, 0.2) is 17.5 Å². The second kappa shape index (κ2) is 10.5. The van der Waals surface area contributed by atoms with Gasteiger partial charge in [0.1, 0.15) is 11.2 Å². The molecule has 202 valence electrons. The molecule has 0 atom stereocenters. The van der Waals surface area contributed by atoms with Crippen LogP contribution in [0.1, 0.15) is 6.85 Å². The Labute approximate surface area is 256 Å². The minimum Gasteiger partial charge on any atom is -0.455 e. The Morgan fingerprint density at radius 1 is 0.442 bits per heavy atom. The predicted molar refractivity (Wildman–Crippen MR) is 174 cm³/mol. The zero-order valence-corrected chi connectivity index (χ0v) is 22.8. The molecule has 4 nitrogen and oxygen atoms in total. The van der Waals surface area contributed by atoms with Crippen LogP contribution < -0.4 is 0 Å². The highest BCUT2D eigenvalue weighted by Crippen LogP contribution is 2.37. The van der Waals surface area contributed by atoms with Crippen molar-refractivity contribution in [2.75, 3.05) is 0 Å². The molecule has 0 aliphatic rings. The van der Waals surface area contributed by atoms with Gasteiger partial charge in [-0.05, 0) is 28.8 Å². The van der Waals surface area contributed by atoms with Crippen LogP contribution in [0.25, 0.3) is 78.4 Å². The summed E-state index contributed by atoms with van der Waals surface area (Å²) >= 11 is 0. The molecule has 0 aliphatic heterocycles. The zero-order chi connectivity index (χ0) is 32.9. The molecule has 4 heteroatoms. The maximum Gasteiger partial charge on any atom is 0.164 e. The van der Waals surface area contributed by atoms with Crippen LogP contribution >= 0.6 is 0 Å². The fourth-order valence-corrected chi connectivity index (χ4v) is 5.31. The lowest BCUT2D eigenvalue weighted by Crippen LogP contribution is -2.00. The number of furan rings is 1. The van der Waals surface area contributed by atoms with Gasteiger partial charge in [-0.2, -0.15) is 0 Å². The molecule has 0 N–H and O–H groups in total. The molecule has 0 spiro atoms. The Morgan fingerprint density at radius 3 is 1.70 bits per heavy atom. The van der Waals surface area contributed by atoms with E-state index in [9.17, 15) is 0 Å². The topological polar surface area (TPSA) is 51.8 Å². The molecule has 2 heterocycles. The molecule has 2 aromatic heterocycles. The predicted octanol–water partition coefficient (Wildman–Crippen LogP) is 10.1. The highest BCUT2D eigenvalue weighted by Gasteiger charge is 2.16. The van der Waals surface area contributed by atoms with Gasteiger partial charge in [0.25, 0.3) is 0 Å². The standard InChI is InChI=1S/C39H25N3O/c1-4-11-26(12-5-1)27-19-21-30(22-20-27)38-40-37(29-15-8-3-9-16-29)41-39(42-38)31-23-24-33-34-18-10-17-32(28-13-6-2-7-14-28)36(34)43-35(33)25-31/h1-25H/i2D,6D,7D,13D,14D. The number of hydrogen-bond acceptors (Lipinski definition) is 4. The Morgan fingerprint density at radius 2 is 1.00 bits per heavy atom. The van der Waals surface area contributed by atoms with Crippen LogP contribution in [-0.4, -0.2) is 15.0 Å². The van der Waals surface area contributed by atoms with Crippen molar-refractivity contribution in [3.63, 3.8) is 0 Å². The molecule has 8 aromatic rings. The average Bonchev–Trinajstić information content (AvgIpc) is 3.52. The number of benzene rings is 6. The highest BCUT2D eigenvalue weighted by atomic mass is 16.3. The molecular weight excluding hydrogens is 526 g/mol. The van der Waals surface area contributed by atoms with Crippen LogP contribution in [0, 0.1) is 0 Å². The lowest BCUT2D eigenvalue weighted by atomic mass is 10.0. The van der Waals surface area contributed by atoms with E-state index < -0.39 is 18.1 Å². The van der Waals surface area contributed by atoms with Gasteiger partial charge in [-0.1, -0.05) is 139 Å². The molecule has 0 bridgehead atoms. The minimum atomic E-state index is -0.436. The first-order chi connectivity index (χ1) is 23.4. The van der Waals surface area contributed by atoms with Crippen molar-refractivity contribution >= 4 is 21.9 Å². The normalized spacial score (nSPS) is 12.9. The van der Waals surface area contributed by atoms with Crippen molar-refractivity contribution in [3.05, 3.63) is 152 Å². The van der Waals surface area contributed by atoms with Crippen LogP contribution in [0.2, 0.25) is 0 Å². The summed E-state index contributed by atoms with van der Waals surface area (Å²) in [6, 6.07) is 37.5. The summed E-state index contributed by atoms with van der Waals surface area (Å²) in [6.07, 6.45) is 0. The quantitative estimate of drug-likeness (QED) is 0.212. The van der Waals surface area contributed by atoms with E-state index in [1.165, 1.54) is 0 Å². The second-order valence-electron chi connectivity index (χ2n) is 10.1. The van der Waals surface area contributed by atoms with Crippen molar-refractivity contribution in [1.29, 1.82) is 0 Å². The monoisotopic (exact) mass is 556 g/mol. The van der Waals surface area contributed by atoms with Gasteiger partial charge in [0, 0.05) is 33.0 Å². The lowest BCUT2D eigenvalue weighted by Gasteiger charge is -2.09. The molecule has 6 aromatic carbocycles. The summed E-state index contributed by atoms with van der Waals surface area (Å²) in [5.74, 6) is 1.54. The maximum absolute atomic E-state index is 8.53. The van der Waals surface area contributed by atoms with E-state index in [2.05, 4.69) is 24.3 Å². The van der Waals surface area contributed by atoms with Crippen molar-refractivity contribution in [2.45, 2.75) is 0 Å². The van der Waals surface area contributed by atoms with Gasteiger partial charge in [0.2, 0.25) is 0 Å². The molecule has 0 aliphatic carbocycles. The van der Waals surface area contributed by atoms with E-state index in [1.807, 2.05) is 84.9 Å². The fourth-order valence-electron chi connectivity index (χ4n) is 5.31. The molecule has 0 radical (unpaired) electrons. The van der Waals surface area contributed by atoms with E-state index >= 15 is 0 Å². The average molecular weight is 557 g/mol. The Hall–Kier alpha value is -5.87. The summed E-state index contributed by atoms with van der Waals surface area (Å²) in [4.78, 5) is 14.6. The molecule has 8 rings (SSSR count). The number of aromatic nitrogens is 3.